The molecule has 1 atom stereocenters. The second-order valence-electron chi connectivity index (χ2n) is 10.0. The molecule has 2 aliphatic rings. The van der Waals surface area contributed by atoms with Crippen LogP contribution in [0, 0.1) is 6.92 Å². The summed E-state index contributed by atoms with van der Waals surface area (Å²) in [6.07, 6.45) is 4.42. The van der Waals surface area contributed by atoms with Gasteiger partial charge in [-0.1, -0.05) is 65.9 Å². The van der Waals surface area contributed by atoms with Crippen molar-refractivity contribution in [1.29, 1.82) is 0 Å². The maximum atomic E-state index is 13.9. The van der Waals surface area contributed by atoms with Gasteiger partial charge in [-0.2, -0.15) is 0 Å². The Morgan fingerprint density at radius 1 is 0.974 bits per heavy atom. The highest BCUT2D eigenvalue weighted by Gasteiger charge is 2.32. The van der Waals surface area contributed by atoms with Gasteiger partial charge < -0.3 is 10.2 Å². The van der Waals surface area contributed by atoms with Crippen LogP contribution in [0.25, 0.3) is 6.08 Å². The first-order chi connectivity index (χ1) is 19.0. The van der Waals surface area contributed by atoms with Crippen molar-refractivity contribution >= 4 is 34.7 Å². The molecular formula is C32H30N4O2S. The molecule has 0 radical (unpaired) electrons. The third kappa shape index (κ3) is 4.86. The second-order valence-corrected chi connectivity index (χ2v) is 11.1. The fourth-order valence-electron chi connectivity index (χ4n) is 5.42. The van der Waals surface area contributed by atoms with Crippen LogP contribution in [0.3, 0.4) is 0 Å². The lowest BCUT2D eigenvalue weighted by Crippen LogP contribution is -2.40. The summed E-state index contributed by atoms with van der Waals surface area (Å²) >= 11 is 1.37. The summed E-state index contributed by atoms with van der Waals surface area (Å²) < 4.78 is 2.27. The summed E-state index contributed by atoms with van der Waals surface area (Å²) in [5, 5.41) is 2.99. The Bertz CT molecular complexity index is 1750. The number of para-hydroxylation sites is 1. The number of carbonyl (C=O) groups is 1. The van der Waals surface area contributed by atoms with Crippen LogP contribution >= 0.6 is 11.3 Å². The quantitative estimate of drug-likeness (QED) is 0.401. The number of allylic oxidation sites excluding steroid dienone is 1. The Labute approximate surface area is 231 Å². The smallest absolute Gasteiger partial charge is 0.271 e. The third-order valence-electron chi connectivity index (χ3n) is 7.42. The molecule has 3 aromatic carbocycles. The number of nitrogens with one attached hydrogen (secondary N) is 1. The zero-order valence-electron chi connectivity index (χ0n) is 22.1. The van der Waals surface area contributed by atoms with Crippen LogP contribution in [0.5, 0.6) is 0 Å². The molecule has 0 unspecified atom stereocenters. The first kappa shape index (κ1) is 25.1. The molecule has 1 amide bonds. The zero-order valence-corrected chi connectivity index (χ0v) is 22.9. The predicted octanol–water partition coefficient (Wildman–Crippen LogP) is 4.78. The van der Waals surface area contributed by atoms with Crippen molar-refractivity contribution in [1.82, 2.24) is 4.57 Å². The molecule has 0 saturated carbocycles. The van der Waals surface area contributed by atoms with Gasteiger partial charge >= 0.3 is 0 Å². The van der Waals surface area contributed by atoms with E-state index in [1.807, 2.05) is 73.7 Å². The van der Waals surface area contributed by atoms with E-state index in [4.69, 9.17) is 4.99 Å². The van der Waals surface area contributed by atoms with Crippen LogP contribution in [-0.2, 0) is 4.79 Å². The van der Waals surface area contributed by atoms with Crippen molar-refractivity contribution in [2.75, 3.05) is 23.3 Å². The number of hydrogen-bond acceptors (Lipinski definition) is 5. The topological polar surface area (TPSA) is 66.7 Å². The number of aromatic nitrogens is 1. The molecule has 3 heterocycles. The van der Waals surface area contributed by atoms with Crippen LogP contribution in [0.15, 0.2) is 99.9 Å². The van der Waals surface area contributed by atoms with Crippen LogP contribution < -0.4 is 25.1 Å². The van der Waals surface area contributed by atoms with Gasteiger partial charge in [0, 0.05) is 24.5 Å². The molecule has 6 rings (SSSR count). The number of nitrogens with zero attached hydrogens (tertiary/aromatic N) is 3. The van der Waals surface area contributed by atoms with E-state index >= 15 is 0 Å². The Morgan fingerprint density at radius 3 is 2.36 bits per heavy atom. The number of benzene rings is 3. The maximum Gasteiger partial charge on any atom is 0.271 e. The van der Waals surface area contributed by atoms with Gasteiger partial charge in [0.25, 0.3) is 11.5 Å². The van der Waals surface area contributed by atoms with Crippen LogP contribution in [0.2, 0.25) is 0 Å². The molecule has 7 heteroatoms. The maximum absolute atomic E-state index is 13.9. The minimum atomic E-state index is -0.577. The van der Waals surface area contributed by atoms with E-state index in [2.05, 4.69) is 35.3 Å². The standard InChI is InChI=1S/C32H30N4O2S/c1-21-19-26(35-17-9-10-18-35)16-15-24(21)20-27-31(38)36-29(23-11-5-3-6-12-23)28(22(2)33-32(36)39-27)30(37)34-25-13-7-4-8-14-25/h3-8,11-16,19-20,29H,9-10,17-18H2,1-2H3,(H,34,37)/b27-20+/t29-/m1/s1. The second kappa shape index (κ2) is 10.5. The first-order valence-electron chi connectivity index (χ1n) is 13.3. The molecule has 1 fully saturated rings. The highest BCUT2D eigenvalue weighted by atomic mass is 32.1. The molecule has 0 spiro atoms. The van der Waals surface area contributed by atoms with Gasteiger partial charge in [-0.25, -0.2) is 4.99 Å². The lowest BCUT2D eigenvalue weighted by Gasteiger charge is -2.25. The van der Waals surface area contributed by atoms with E-state index in [1.54, 1.807) is 4.57 Å². The highest BCUT2D eigenvalue weighted by molar-refractivity contribution is 7.07. The van der Waals surface area contributed by atoms with E-state index in [9.17, 15) is 9.59 Å². The monoisotopic (exact) mass is 534 g/mol. The molecule has 0 bridgehead atoms. The summed E-state index contributed by atoms with van der Waals surface area (Å²) in [5.74, 6) is -0.265. The molecule has 39 heavy (non-hydrogen) atoms. The van der Waals surface area contributed by atoms with Gasteiger partial charge in [-0.05, 0) is 73.7 Å². The highest BCUT2D eigenvalue weighted by Crippen LogP contribution is 2.30. The van der Waals surface area contributed by atoms with Crippen molar-refractivity contribution in [3.63, 3.8) is 0 Å². The van der Waals surface area contributed by atoms with Gasteiger partial charge in [-0.15, -0.1) is 0 Å². The summed E-state index contributed by atoms with van der Waals surface area (Å²) in [6, 6.07) is 24.9. The van der Waals surface area contributed by atoms with Crippen LogP contribution in [0.4, 0.5) is 11.4 Å². The predicted molar refractivity (Wildman–Crippen MR) is 158 cm³/mol. The van der Waals surface area contributed by atoms with Crippen molar-refractivity contribution < 1.29 is 4.79 Å². The molecule has 4 aromatic rings. The number of thiazole rings is 1. The van der Waals surface area contributed by atoms with E-state index in [0.717, 1.165) is 29.8 Å². The average Bonchev–Trinajstić information content (AvgIpc) is 3.59. The number of hydrogen-bond donors (Lipinski definition) is 1. The molecule has 196 valence electrons. The average molecular weight is 535 g/mol. The van der Waals surface area contributed by atoms with Crippen LogP contribution in [-0.4, -0.2) is 23.6 Å². The number of aryl methyl sites for hydroxylation is 1. The van der Waals surface area contributed by atoms with Gasteiger partial charge in [0.05, 0.1) is 21.8 Å². The van der Waals surface area contributed by atoms with Gasteiger partial charge in [0.15, 0.2) is 4.80 Å². The SMILES string of the molecule is CC1=C(C(=O)Nc2ccccc2)[C@@H](c2ccccc2)n2c(s/c(=C/c3ccc(N4CCCC4)cc3C)c2=O)=N1. The number of fused-ring (bicyclic) bond motifs is 1. The van der Waals surface area contributed by atoms with Crippen molar-refractivity contribution in [3.05, 3.63) is 127 Å². The lowest BCUT2D eigenvalue weighted by atomic mass is 9.95. The van der Waals surface area contributed by atoms with Gasteiger partial charge in [0.1, 0.15) is 0 Å². The van der Waals surface area contributed by atoms with Gasteiger partial charge in [0.2, 0.25) is 0 Å². The lowest BCUT2D eigenvalue weighted by molar-refractivity contribution is -0.113. The van der Waals surface area contributed by atoms with E-state index in [-0.39, 0.29) is 11.5 Å². The fraction of sp³-hybridized carbons (Fsp3) is 0.219. The Balaban J connectivity index is 1.44. The third-order valence-corrected chi connectivity index (χ3v) is 8.41. The fourth-order valence-corrected chi connectivity index (χ4v) is 6.46. The largest absolute Gasteiger partial charge is 0.372 e. The Kier molecular flexibility index (Phi) is 6.75. The minimum absolute atomic E-state index is 0.145. The number of anilines is 2. The molecule has 1 saturated heterocycles. The van der Waals surface area contributed by atoms with E-state index in [0.29, 0.717) is 26.3 Å². The molecule has 1 aromatic heterocycles. The van der Waals surface area contributed by atoms with E-state index in [1.165, 1.54) is 29.9 Å². The number of carbonyl (C=O) groups excluding carboxylic acids is 1. The molecule has 6 nitrogen and oxygen atoms in total. The normalized spacial score (nSPS) is 17.2. The van der Waals surface area contributed by atoms with Gasteiger partial charge in [-0.3, -0.25) is 14.2 Å². The summed E-state index contributed by atoms with van der Waals surface area (Å²) in [5.41, 5.74) is 5.86. The summed E-state index contributed by atoms with van der Waals surface area (Å²) in [6.45, 7) is 6.12. The number of amides is 1. The zero-order chi connectivity index (χ0) is 26.9. The summed E-state index contributed by atoms with van der Waals surface area (Å²) in [7, 11) is 0. The van der Waals surface area contributed by atoms with Crippen molar-refractivity contribution in [2.45, 2.75) is 32.7 Å². The Hall–Kier alpha value is -4.23. The van der Waals surface area contributed by atoms with Crippen molar-refractivity contribution in [2.24, 2.45) is 4.99 Å². The molecular weight excluding hydrogens is 504 g/mol. The van der Waals surface area contributed by atoms with Crippen molar-refractivity contribution in [3.8, 4) is 0 Å². The molecule has 2 aliphatic heterocycles. The molecule has 0 aliphatic carbocycles. The minimum Gasteiger partial charge on any atom is -0.372 e. The van der Waals surface area contributed by atoms with Crippen LogP contribution in [0.1, 0.15) is 42.5 Å². The molecule has 1 N–H and O–H groups in total. The first-order valence-corrected chi connectivity index (χ1v) is 14.1. The Morgan fingerprint density at radius 2 is 1.67 bits per heavy atom. The number of rotatable bonds is 5. The van der Waals surface area contributed by atoms with E-state index < -0.39 is 6.04 Å². The summed E-state index contributed by atoms with van der Waals surface area (Å²) in [4.78, 5) is 35.3.